The van der Waals surface area contributed by atoms with Gasteiger partial charge < -0.3 is 5.11 Å². The van der Waals surface area contributed by atoms with Gasteiger partial charge in [0.25, 0.3) is 0 Å². The van der Waals surface area contributed by atoms with Gasteiger partial charge in [-0.3, -0.25) is 0 Å². The van der Waals surface area contributed by atoms with Gasteiger partial charge in [0, 0.05) is 17.4 Å². The lowest BCUT2D eigenvalue weighted by Gasteiger charge is -2.26. The van der Waals surface area contributed by atoms with Crippen molar-refractivity contribution in [3.8, 4) is 5.75 Å². The van der Waals surface area contributed by atoms with E-state index in [0.717, 1.165) is 11.1 Å². The van der Waals surface area contributed by atoms with Gasteiger partial charge in [-0.05, 0) is 22.0 Å². The van der Waals surface area contributed by atoms with Crippen LogP contribution in [-0.2, 0) is 10.8 Å². The number of hydrogen-bond donors (Lipinski definition) is 1. The molecule has 0 atom stereocenters. The van der Waals surface area contributed by atoms with Gasteiger partial charge in [-0.2, -0.15) is 0 Å². The molecule has 1 N–H and O–H groups in total. The fourth-order valence-electron chi connectivity index (χ4n) is 1.75. The number of rotatable bonds is 0. The van der Waals surface area contributed by atoms with Crippen LogP contribution in [0.5, 0.6) is 5.75 Å². The Kier molecular flexibility index (Phi) is 4.68. The van der Waals surface area contributed by atoms with Crippen molar-refractivity contribution in [3.05, 3.63) is 29.3 Å². The summed E-state index contributed by atoms with van der Waals surface area (Å²) in [7, 11) is 0. The molecule has 0 saturated carbocycles. The molecule has 1 aromatic rings. The zero-order chi connectivity index (χ0) is 11.9. The number of phenolic OH excluding ortho intramolecular Hbond substituents is 1. The molecule has 0 heterocycles. The predicted molar refractivity (Wildman–Crippen MR) is 71.3 cm³/mol. The average molecular weight is 233 g/mol. The molecule has 1 aromatic carbocycles. The Bertz CT molecular complexity index is 324. The van der Waals surface area contributed by atoms with E-state index < -0.39 is 0 Å². The van der Waals surface area contributed by atoms with Crippen LogP contribution >= 0.6 is 0 Å². The first-order valence-corrected chi connectivity index (χ1v) is 5.47. The summed E-state index contributed by atoms with van der Waals surface area (Å²) in [6.45, 7) is 12.7. The first kappa shape index (κ1) is 15.6. The summed E-state index contributed by atoms with van der Waals surface area (Å²) in [6.07, 6.45) is 0. The van der Waals surface area contributed by atoms with E-state index in [1.54, 1.807) is 0 Å². The Morgan fingerprint density at radius 3 is 1.38 bits per heavy atom. The highest BCUT2D eigenvalue weighted by Gasteiger charge is 2.24. The van der Waals surface area contributed by atoms with Crippen molar-refractivity contribution in [1.29, 1.82) is 0 Å². The fourth-order valence-corrected chi connectivity index (χ4v) is 1.75. The summed E-state index contributed by atoms with van der Waals surface area (Å²) < 4.78 is 0. The predicted octanol–water partition coefficient (Wildman–Crippen LogP) is 3.61. The summed E-state index contributed by atoms with van der Waals surface area (Å²) >= 11 is 0. The molecule has 0 unspecified atom stereocenters. The maximum Gasteiger partial charge on any atom is 0.123 e. The lowest BCUT2D eigenvalue weighted by atomic mass is 9.80. The maximum absolute atomic E-state index is 10.3. The van der Waals surface area contributed by atoms with E-state index in [1.807, 2.05) is 18.2 Å². The van der Waals surface area contributed by atoms with E-state index in [1.165, 1.54) is 0 Å². The molecule has 0 spiro atoms. The third-order valence-electron chi connectivity index (χ3n) is 2.65. The van der Waals surface area contributed by atoms with Crippen molar-refractivity contribution < 1.29 is 5.11 Å². The summed E-state index contributed by atoms with van der Waals surface area (Å²) in [5.74, 6) is 0.456. The number of phenols is 1. The Hall–Kier alpha value is -0.448. The summed E-state index contributed by atoms with van der Waals surface area (Å²) in [4.78, 5) is 0. The van der Waals surface area contributed by atoms with Gasteiger partial charge in [0.2, 0.25) is 0 Å². The summed E-state index contributed by atoms with van der Waals surface area (Å²) in [5, 5.41) is 10.3. The van der Waals surface area contributed by atoms with Crippen LogP contribution in [0.4, 0.5) is 0 Å². The summed E-state index contributed by atoms with van der Waals surface area (Å²) in [6, 6.07) is 6.04. The van der Waals surface area contributed by atoms with E-state index in [9.17, 15) is 5.11 Å². The van der Waals surface area contributed by atoms with Gasteiger partial charge >= 0.3 is 0 Å². The fraction of sp³-hybridized carbons (Fsp3) is 0.571. The molecule has 3 radical (unpaired) electrons. The molecule has 1 rings (SSSR count). The molecular formula is C14H22AlO. The number of benzene rings is 1. The molecule has 0 saturated heterocycles. The molecule has 0 fully saturated rings. The monoisotopic (exact) mass is 233 g/mol. The van der Waals surface area contributed by atoms with E-state index in [2.05, 4.69) is 41.5 Å². The standard InChI is InChI=1S/C14H22O.Al/c1-13(2,3)10-8-7-9-11(12(10)15)14(4,5)6;/h7-9,15H,1-6H3;. The van der Waals surface area contributed by atoms with Crippen LogP contribution in [0.2, 0.25) is 0 Å². The largest absolute Gasteiger partial charge is 0.507 e. The Labute approximate surface area is 110 Å². The topological polar surface area (TPSA) is 20.2 Å². The summed E-state index contributed by atoms with van der Waals surface area (Å²) in [5.41, 5.74) is 2.03. The van der Waals surface area contributed by atoms with Gasteiger partial charge in [-0.25, -0.2) is 0 Å². The minimum Gasteiger partial charge on any atom is -0.507 e. The number of hydrogen-bond acceptors (Lipinski definition) is 1. The second-order valence-electron chi connectivity index (χ2n) is 6.20. The smallest absolute Gasteiger partial charge is 0.123 e. The molecule has 0 aliphatic heterocycles. The molecule has 1 nitrogen and oxygen atoms in total. The second kappa shape index (κ2) is 4.82. The van der Waals surface area contributed by atoms with Crippen molar-refractivity contribution in [2.75, 3.05) is 0 Å². The molecule has 0 aromatic heterocycles. The molecule has 0 aliphatic carbocycles. The van der Waals surface area contributed by atoms with Crippen LogP contribution < -0.4 is 0 Å². The van der Waals surface area contributed by atoms with E-state index >= 15 is 0 Å². The molecule has 0 aliphatic rings. The number of aromatic hydroxyl groups is 1. The van der Waals surface area contributed by atoms with Gasteiger partial charge in [-0.15, -0.1) is 0 Å². The van der Waals surface area contributed by atoms with Crippen LogP contribution in [0, 0.1) is 0 Å². The van der Waals surface area contributed by atoms with E-state index in [-0.39, 0.29) is 28.2 Å². The maximum atomic E-state index is 10.3. The van der Waals surface area contributed by atoms with Crippen LogP contribution in [0.25, 0.3) is 0 Å². The molecule has 87 valence electrons. The second-order valence-corrected chi connectivity index (χ2v) is 6.20. The van der Waals surface area contributed by atoms with Gasteiger partial charge in [0.05, 0.1) is 0 Å². The molecular weight excluding hydrogens is 211 g/mol. The minimum atomic E-state index is -0.00859. The van der Waals surface area contributed by atoms with Crippen LogP contribution in [-0.4, -0.2) is 22.5 Å². The Morgan fingerprint density at radius 2 is 1.12 bits per heavy atom. The van der Waals surface area contributed by atoms with Crippen LogP contribution in [0.1, 0.15) is 52.7 Å². The van der Waals surface area contributed by atoms with Gasteiger partial charge in [-0.1, -0.05) is 59.7 Å². The van der Waals surface area contributed by atoms with E-state index in [4.69, 9.17) is 0 Å². The highest BCUT2D eigenvalue weighted by molar-refractivity contribution is 5.75. The highest BCUT2D eigenvalue weighted by Crippen LogP contribution is 2.38. The van der Waals surface area contributed by atoms with Gasteiger partial charge in [0.15, 0.2) is 0 Å². The lowest BCUT2D eigenvalue weighted by Crippen LogP contribution is -2.16. The van der Waals surface area contributed by atoms with Gasteiger partial charge in [0.1, 0.15) is 5.75 Å². The third kappa shape index (κ3) is 3.27. The quantitative estimate of drug-likeness (QED) is 0.679. The normalized spacial score (nSPS) is 12.1. The zero-order valence-electron chi connectivity index (χ0n) is 11.3. The van der Waals surface area contributed by atoms with Crippen LogP contribution in [0.15, 0.2) is 18.2 Å². The van der Waals surface area contributed by atoms with E-state index in [0.29, 0.717) is 5.75 Å². The first-order valence-electron chi connectivity index (χ1n) is 5.47. The third-order valence-corrected chi connectivity index (χ3v) is 2.65. The van der Waals surface area contributed by atoms with Crippen molar-refractivity contribution >= 4 is 17.4 Å². The minimum absolute atomic E-state index is 0. The van der Waals surface area contributed by atoms with Crippen LogP contribution in [0.3, 0.4) is 0 Å². The number of para-hydroxylation sites is 1. The molecule has 0 amide bonds. The Balaban J connectivity index is 0.00000225. The van der Waals surface area contributed by atoms with Crippen molar-refractivity contribution in [1.82, 2.24) is 0 Å². The zero-order valence-corrected chi connectivity index (χ0v) is 12.4. The first-order chi connectivity index (χ1) is 6.64. The van der Waals surface area contributed by atoms with Crippen molar-refractivity contribution in [2.45, 2.75) is 52.4 Å². The lowest BCUT2D eigenvalue weighted by molar-refractivity contribution is 0.423. The van der Waals surface area contributed by atoms with Crippen molar-refractivity contribution in [2.24, 2.45) is 0 Å². The highest BCUT2D eigenvalue weighted by atomic mass is 27.0. The van der Waals surface area contributed by atoms with Crippen molar-refractivity contribution in [3.63, 3.8) is 0 Å². The molecule has 0 bridgehead atoms. The average Bonchev–Trinajstić information content (AvgIpc) is 1.99. The molecule has 2 heteroatoms. The SMILES string of the molecule is CC(C)(C)c1cccc(C(C)(C)C)c1O.[Al]. The molecule has 16 heavy (non-hydrogen) atoms. The Morgan fingerprint density at radius 1 is 0.812 bits per heavy atom.